The predicted molar refractivity (Wildman–Crippen MR) is 125 cm³/mol. The van der Waals surface area contributed by atoms with Crippen LogP contribution in [0.2, 0.25) is 5.02 Å². The first-order valence-corrected chi connectivity index (χ1v) is 11.3. The lowest BCUT2D eigenvalue weighted by molar-refractivity contribution is -0.384. The number of halogens is 1. The van der Waals surface area contributed by atoms with Gasteiger partial charge in [-0.25, -0.2) is 0 Å². The van der Waals surface area contributed by atoms with Crippen LogP contribution in [0.3, 0.4) is 0 Å². The van der Waals surface area contributed by atoms with Crippen molar-refractivity contribution in [2.24, 2.45) is 0 Å². The second-order valence-corrected chi connectivity index (χ2v) is 8.54. The molecule has 2 aliphatic heterocycles. The van der Waals surface area contributed by atoms with Crippen molar-refractivity contribution in [2.45, 2.75) is 19.3 Å². The summed E-state index contributed by atoms with van der Waals surface area (Å²) in [7, 11) is 1.53. The van der Waals surface area contributed by atoms with Crippen LogP contribution in [0.5, 0.6) is 5.75 Å². The van der Waals surface area contributed by atoms with Crippen LogP contribution in [-0.4, -0.2) is 62.1 Å². The molecule has 2 aliphatic rings. The van der Waals surface area contributed by atoms with Gasteiger partial charge in [0.25, 0.3) is 11.6 Å². The van der Waals surface area contributed by atoms with Gasteiger partial charge in [0.15, 0.2) is 0 Å². The number of amides is 1. The Morgan fingerprint density at radius 2 is 1.69 bits per heavy atom. The third-order valence-corrected chi connectivity index (χ3v) is 6.41. The highest BCUT2D eigenvalue weighted by Gasteiger charge is 2.27. The maximum Gasteiger partial charge on any atom is 0.292 e. The van der Waals surface area contributed by atoms with Crippen LogP contribution in [0.4, 0.5) is 17.1 Å². The summed E-state index contributed by atoms with van der Waals surface area (Å²) in [5.74, 6) is 0.394. The van der Waals surface area contributed by atoms with Gasteiger partial charge in [0.05, 0.1) is 17.6 Å². The molecule has 2 saturated heterocycles. The number of anilines is 2. The van der Waals surface area contributed by atoms with E-state index in [9.17, 15) is 14.9 Å². The zero-order valence-corrected chi connectivity index (χ0v) is 18.9. The molecule has 170 valence electrons. The third-order valence-electron chi connectivity index (χ3n) is 6.18. The van der Waals surface area contributed by atoms with Crippen LogP contribution in [0, 0.1) is 10.1 Å². The number of nitro benzene ring substituents is 1. The van der Waals surface area contributed by atoms with Crippen molar-refractivity contribution < 1.29 is 14.5 Å². The van der Waals surface area contributed by atoms with Crippen molar-refractivity contribution in [1.82, 2.24) is 4.90 Å². The number of methoxy groups -OCH3 is 1. The molecule has 0 aromatic heterocycles. The minimum atomic E-state index is -0.303. The summed E-state index contributed by atoms with van der Waals surface area (Å²) in [4.78, 5) is 30.4. The number of nitrogens with zero attached hydrogens (tertiary/aromatic N) is 4. The van der Waals surface area contributed by atoms with E-state index in [1.54, 1.807) is 29.2 Å². The topological polar surface area (TPSA) is 79.2 Å². The molecule has 4 rings (SSSR count). The van der Waals surface area contributed by atoms with Crippen molar-refractivity contribution >= 4 is 34.6 Å². The minimum absolute atomic E-state index is 0.110. The average molecular weight is 459 g/mol. The normalized spacial score (nSPS) is 16.8. The van der Waals surface area contributed by atoms with Crippen LogP contribution >= 0.6 is 11.6 Å². The number of hydrogen-bond donors (Lipinski definition) is 0. The largest absolute Gasteiger partial charge is 0.496 e. The van der Waals surface area contributed by atoms with Gasteiger partial charge in [-0.3, -0.25) is 14.9 Å². The molecule has 0 N–H and O–H groups in total. The molecule has 0 saturated carbocycles. The van der Waals surface area contributed by atoms with Gasteiger partial charge in [-0.15, -0.1) is 0 Å². The van der Waals surface area contributed by atoms with Crippen molar-refractivity contribution in [3.05, 3.63) is 57.1 Å². The molecule has 0 bridgehead atoms. The highest BCUT2D eigenvalue weighted by Crippen LogP contribution is 2.35. The first kappa shape index (κ1) is 22.2. The van der Waals surface area contributed by atoms with E-state index < -0.39 is 0 Å². The summed E-state index contributed by atoms with van der Waals surface area (Å²) in [6.07, 6.45) is 3.27. The highest BCUT2D eigenvalue weighted by molar-refractivity contribution is 6.31. The predicted octanol–water partition coefficient (Wildman–Crippen LogP) is 4.21. The first-order chi connectivity index (χ1) is 15.5. The van der Waals surface area contributed by atoms with E-state index in [0.29, 0.717) is 48.2 Å². The molecule has 2 aromatic rings. The lowest BCUT2D eigenvalue weighted by atomic mass is 10.1. The standard InChI is InChI=1S/C23H27ClN4O4/c1-32-22-8-5-17(24)15-19(22)23(29)27-13-11-25(12-14-27)18-6-7-20(28(30)31)21(16-18)26-9-3-2-4-10-26/h5-8,15-16H,2-4,9-14H2,1H3. The molecule has 0 unspecified atom stereocenters. The molecule has 2 fully saturated rings. The van der Waals surface area contributed by atoms with E-state index in [1.165, 1.54) is 7.11 Å². The zero-order valence-electron chi connectivity index (χ0n) is 18.1. The monoisotopic (exact) mass is 458 g/mol. The molecule has 1 amide bonds. The Balaban J connectivity index is 1.49. The van der Waals surface area contributed by atoms with Gasteiger partial charge in [0.1, 0.15) is 11.4 Å². The lowest BCUT2D eigenvalue weighted by Gasteiger charge is -2.37. The second kappa shape index (κ2) is 9.65. The summed E-state index contributed by atoms with van der Waals surface area (Å²) in [5, 5.41) is 12.1. The van der Waals surface area contributed by atoms with Gasteiger partial charge in [0, 0.05) is 56.0 Å². The minimum Gasteiger partial charge on any atom is -0.496 e. The fourth-order valence-corrected chi connectivity index (χ4v) is 4.61. The number of hydrogen-bond acceptors (Lipinski definition) is 6. The number of piperidine rings is 1. The number of nitro groups is 1. The van der Waals surface area contributed by atoms with Gasteiger partial charge in [-0.2, -0.15) is 0 Å². The van der Waals surface area contributed by atoms with Crippen LogP contribution in [0.1, 0.15) is 29.6 Å². The molecule has 0 radical (unpaired) electrons. The van der Waals surface area contributed by atoms with E-state index in [-0.39, 0.29) is 16.5 Å². The Kier molecular flexibility index (Phi) is 6.69. The molecular formula is C23H27ClN4O4. The van der Waals surface area contributed by atoms with E-state index >= 15 is 0 Å². The van der Waals surface area contributed by atoms with E-state index in [0.717, 1.165) is 38.0 Å². The Labute approximate surface area is 192 Å². The SMILES string of the molecule is COc1ccc(Cl)cc1C(=O)N1CCN(c2ccc([N+](=O)[O-])c(N3CCCCC3)c2)CC1. The average Bonchev–Trinajstić information content (AvgIpc) is 2.83. The van der Waals surface area contributed by atoms with Crippen LogP contribution in [0.25, 0.3) is 0 Å². The quantitative estimate of drug-likeness (QED) is 0.493. The fraction of sp³-hybridized carbons (Fsp3) is 0.435. The lowest BCUT2D eigenvalue weighted by Crippen LogP contribution is -2.49. The zero-order chi connectivity index (χ0) is 22.7. The summed E-state index contributed by atoms with van der Waals surface area (Å²) >= 11 is 6.09. The molecule has 0 spiro atoms. The number of ether oxygens (including phenoxy) is 1. The fourth-order valence-electron chi connectivity index (χ4n) is 4.44. The van der Waals surface area contributed by atoms with Crippen molar-refractivity contribution in [1.29, 1.82) is 0 Å². The number of benzene rings is 2. The van der Waals surface area contributed by atoms with E-state index in [1.807, 2.05) is 12.1 Å². The maximum atomic E-state index is 13.0. The summed E-state index contributed by atoms with van der Waals surface area (Å²) in [5.41, 5.74) is 2.24. The molecule has 9 heteroatoms. The first-order valence-electron chi connectivity index (χ1n) is 10.9. The maximum absolute atomic E-state index is 13.0. The molecule has 2 aromatic carbocycles. The van der Waals surface area contributed by atoms with E-state index in [2.05, 4.69) is 9.80 Å². The molecule has 2 heterocycles. The molecule has 8 nitrogen and oxygen atoms in total. The number of carbonyl (C=O) groups is 1. The number of rotatable bonds is 5. The van der Waals surface area contributed by atoms with Crippen molar-refractivity contribution in [3.63, 3.8) is 0 Å². The Hall–Kier alpha value is -3.00. The Bertz CT molecular complexity index is 1000. The highest BCUT2D eigenvalue weighted by atomic mass is 35.5. The van der Waals surface area contributed by atoms with E-state index in [4.69, 9.17) is 16.3 Å². The summed E-state index contributed by atoms with van der Waals surface area (Å²) in [6.45, 7) is 4.06. The van der Waals surface area contributed by atoms with Gasteiger partial charge in [-0.05, 0) is 49.6 Å². The second-order valence-electron chi connectivity index (χ2n) is 8.10. The van der Waals surface area contributed by atoms with Gasteiger partial charge in [-0.1, -0.05) is 11.6 Å². The Morgan fingerprint density at radius 3 is 2.34 bits per heavy atom. The summed E-state index contributed by atoms with van der Waals surface area (Å²) in [6, 6.07) is 10.4. The number of piperazine rings is 1. The van der Waals surface area contributed by atoms with Crippen molar-refractivity contribution in [2.75, 3.05) is 56.2 Å². The van der Waals surface area contributed by atoms with Crippen LogP contribution in [-0.2, 0) is 0 Å². The van der Waals surface area contributed by atoms with Gasteiger partial charge < -0.3 is 19.4 Å². The molecule has 32 heavy (non-hydrogen) atoms. The Morgan fingerprint density at radius 1 is 0.969 bits per heavy atom. The number of carbonyl (C=O) groups excluding carboxylic acids is 1. The molecular weight excluding hydrogens is 432 g/mol. The van der Waals surface area contributed by atoms with Crippen LogP contribution < -0.4 is 14.5 Å². The molecule has 0 aliphatic carbocycles. The van der Waals surface area contributed by atoms with Crippen LogP contribution in [0.15, 0.2) is 36.4 Å². The molecule has 0 atom stereocenters. The smallest absolute Gasteiger partial charge is 0.292 e. The van der Waals surface area contributed by atoms with Gasteiger partial charge >= 0.3 is 0 Å². The summed E-state index contributed by atoms with van der Waals surface area (Å²) < 4.78 is 5.33. The van der Waals surface area contributed by atoms with Crippen molar-refractivity contribution in [3.8, 4) is 5.75 Å². The third kappa shape index (κ3) is 4.60. The van der Waals surface area contributed by atoms with Gasteiger partial charge in [0.2, 0.25) is 0 Å².